The molecule has 4 heteroatoms. The molecule has 1 aromatic heterocycles. The Morgan fingerprint density at radius 2 is 2.40 bits per heavy atom. The van der Waals surface area contributed by atoms with Crippen LogP contribution < -0.4 is 10.9 Å². The highest BCUT2D eigenvalue weighted by Gasteiger charge is 2.26. The van der Waals surface area contributed by atoms with E-state index in [9.17, 15) is 4.79 Å². The van der Waals surface area contributed by atoms with Crippen LogP contribution in [0.25, 0.3) is 0 Å². The molecule has 1 aliphatic carbocycles. The van der Waals surface area contributed by atoms with Gasteiger partial charge in [-0.1, -0.05) is 6.92 Å². The van der Waals surface area contributed by atoms with Crippen molar-refractivity contribution in [3.05, 3.63) is 22.2 Å². The van der Waals surface area contributed by atoms with Gasteiger partial charge in [-0.05, 0) is 26.2 Å². The molecule has 0 aliphatic heterocycles. The van der Waals surface area contributed by atoms with Crippen LogP contribution in [-0.2, 0) is 0 Å². The third kappa shape index (κ3) is 2.58. The van der Waals surface area contributed by atoms with Gasteiger partial charge in [-0.25, -0.2) is 4.98 Å². The van der Waals surface area contributed by atoms with Gasteiger partial charge in [-0.2, -0.15) is 0 Å². The summed E-state index contributed by atoms with van der Waals surface area (Å²) in [5.41, 5.74) is -0.0577. The molecule has 0 saturated heterocycles. The highest BCUT2D eigenvalue weighted by molar-refractivity contribution is 5.34. The summed E-state index contributed by atoms with van der Waals surface area (Å²) < 4.78 is 0. The van der Waals surface area contributed by atoms with Crippen molar-refractivity contribution in [3.63, 3.8) is 0 Å². The Morgan fingerprint density at radius 1 is 1.67 bits per heavy atom. The number of anilines is 1. The molecule has 1 unspecified atom stereocenters. The topological polar surface area (TPSA) is 57.8 Å². The lowest BCUT2D eigenvalue weighted by atomic mass is 10.2. The highest BCUT2D eigenvalue weighted by Crippen LogP contribution is 2.37. The van der Waals surface area contributed by atoms with Crippen LogP contribution in [0.15, 0.2) is 10.9 Å². The van der Waals surface area contributed by atoms with Gasteiger partial charge in [-0.15, -0.1) is 0 Å². The molecule has 0 spiro atoms. The summed E-state index contributed by atoms with van der Waals surface area (Å²) >= 11 is 0. The predicted molar refractivity (Wildman–Crippen MR) is 60.2 cm³/mol. The highest BCUT2D eigenvalue weighted by atomic mass is 16.1. The maximum absolute atomic E-state index is 11.4. The number of H-pyrrole nitrogens is 1. The number of aromatic amines is 1. The molecule has 0 amide bonds. The van der Waals surface area contributed by atoms with E-state index in [1.807, 2.05) is 0 Å². The van der Waals surface area contributed by atoms with Crippen molar-refractivity contribution in [1.82, 2.24) is 9.97 Å². The second kappa shape index (κ2) is 4.04. The van der Waals surface area contributed by atoms with E-state index in [1.165, 1.54) is 6.07 Å². The third-order valence-electron chi connectivity index (χ3n) is 2.73. The van der Waals surface area contributed by atoms with E-state index in [-0.39, 0.29) is 5.56 Å². The van der Waals surface area contributed by atoms with E-state index in [1.54, 1.807) is 0 Å². The van der Waals surface area contributed by atoms with E-state index in [0.29, 0.717) is 17.8 Å². The smallest absolute Gasteiger partial charge is 0.252 e. The van der Waals surface area contributed by atoms with Gasteiger partial charge in [0.15, 0.2) is 0 Å². The average Bonchev–Trinajstić information content (AvgIpc) is 2.99. The summed E-state index contributed by atoms with van der Waals surface area (Å²) in [6.07, 6.45) is 3.32. The van der Waals surface area contributed by atoms with Crippen molar-refractivity contribution >= 4 is 5.82 Å². The summed E-state index contributed by atoms with van der Waals surface area (Å²) in [4.78, 5) is 18.6. The first kappa shape index (κ1) is 10.2. The molecule has 1 saturated carbocycles. The number of nitrogens with one attached hydrogen (secondary N) is 2. The van der Waals surface area contributed by atoms with E-state index < -0.39 is 0 Å². The lowest BCUT2D eigenvalue weighted by Gasteiger charge is -2.12. The standard InChI is InChI=1S/C11H17N3O/c1-3-7(2)12-9-6-10(15)14-11(13-9)8-4-5-8/h6-8H,3-5H2,1-2H3,(H2,12,13,14,15). The van der Waals surface area contributed by atoms with Gasteiger partial charge >= 0.3 is 0 Å². The minimum atomic E-state index is -0.0577. The summed E-state index contributed by atoms with van der Waals surface area (Å²) in [6, 6.07) is 1.88. The summed E-state index contributed by atoms with van der Waals surface area (Å²) in [6.45, 7) is 4.19. The van der Waals surface area contributed by atoms with E-state index in [2.05, 4.69) is 29.1 Å². The maximum atomic E-state index is 11.4. The number of hydrogen-bond donors (Lipinski definition) is 2. The van der Waals surface area contributed by atoms with Crippen LogP contribution in [0.4, 0.5) is 5.82 Å². The molecule has 1 aliphatic rings. The van der Waals surface area contributed by atoms with Crippen LogP contribution in [0, 0.1) is 0 Å². The Hall–Kier alpha value is -1.32. The van der Waals surface area contributed by atoms with Crippen molar-refractivity contribution in [2.75, 3.05) is 5.32 Å². The Morgan fingerprint density at radius 3 is 3.00 bits per heavy atom. The molecule has 82 valence electrons. The van der Waals surface area contributed by atoms with Gasteiger partial charge in [0, 0.05) is 18.0 Å². The Bertz CT molecular complexity index is 395. The van der Waals surface area contributed by atoms with Gasteiger partial charge < -0.3 is 10.3 Å². The normalized spacial score (nSPS) is 17.5. The molecular formula is C11H17N3O. The molecule has 0 bridgehead atoms. The van der Waals surface area contributed by atoms with E-state index in [0.717, 1.165) is 25.1 Å². The zero-order valence-corrected chi connectivity index (χ0v) is 9.21. The molecule has 0 aromatic carbocycles. The van der Waals surface area contributed by atoms with Crippen molar-refractivity contribution in [2.45, 2.75) is 45.1 Å². The number of aromatic nitrogens is 2. The summed E-state index contributed by atoms with van der Waals surface area (Å²) in [5, 5.41) is 3.22. The fourth-order valence-electron chi connectivity index (χ4n) is 1.46. The number of nitrogens with zero attached hydrogens (tertiary/aromatic N) is 1. The van der Waals surface area contributed by atoms with Crippen LogP contribution in [0.3, 0.4) is 0 Å². The molecule has 1 heterocycles. The van der Waals surface area contributed by atoms with E-state index >= 15 is 0 Å². The fraction of sp³-hybridized carbons (Fsp3) is 0.636. The Labute approximate surface area is 89.1 Å². The SMILES string of the molecule is CCC(C)Nc1cc(=O)[nH]c(C2CC2)n1. The van der Waals surface area contributed by atoms with Gasteiger partial charge in [-0.3, -0.25) is 4.79 Å². The molecule has 4 nitrogen and oxygen atoms in total. The van der Waals surface area contributed by atoms with Gasteiger partial charge in [0.25, 0.3) is 5.56 Å². The van der Waals surface area contributed by atoms with Crippen molar-refractivity contribution in [3.8, 4) is 0 Å². The molecule has 1 aromatic rings. The molecule has 15 heavy (non-hydrogen) atoms. The maximum Gasteiger partial charge on any atom is 0.252 e. The first-order valence-corrected chi connectivity index (χ1v) is 5.57. The molecule has 1 fully saturated rings. The molecule has 2 N–H and O–H groups in total. The molecule has 1 atom stereocenters. The van der Waals surface area contributed by atoms with Crippen molar-refractivity contribution in [1.29, 1.82) is 0 Å². The Balaban J connectivity index is 2.19. The minimum absolute atomic E-state index is 0.0577. The fourth-order valence-corrected chi connectivity index (χ4v) is 1.46. The quantitative estimate of drug-likeness (QED) is 0.792. The average molecular weight is 207 g/mol. The van der Waals surface area contributed by atoms with Crippen molar-refractivity contribution in [2.24, 2.45) is 0 Å². The van der Waals surface area contributed by atoms with Crippen molar-refractivity contribution < 1.29 is 0 Å². The zero-order chi connectivity index (χ0) is 10.8. The van der Waals surface area contributed by atoms with Gasteiger partial charge in [0.05, 0.1) is 0 Å². The molecule has 0 radical (unpaired) electrons. The number of hydrogen-bond acceptors (Lipinski definition) is 3. The zero-order valence-electron chi connectivity index (χ0n) is 9.21. The molecular weight excluding hydrogens is 190 g/mol. The monoisotopic (exact) mass is 207 g/mol. The van der Waals surface area contributed by atoms with Crippen LogP contribution in [0.2, 0.25) is 0 Å². The predicted octanol–water partition coefficient (Wildman–Crippen LogP) is 1.86. The van der Waals surface area contributed by atoms with Crippen LogP contribution >= 0.6 is 0 Å². The lowest BCUT2D eigenvalue weighted by Crippen LogP contribution is -2.18. The second-order valence-electron chi connectivity index (χ2n) is 4.24. The second-order valence-corrected chi connectivity index (χ2v) is 4.24. The van der Waals surface area contributed by atoms with Gasteiger partial charge in [0.1, 0.15) is 11.6 Å². The van der Waals surface area contributed by atoms with Crippen LogP contribution in [-0.4, -0.2) is 16.0 Å². The van der Waals surface area contributed by atoms with E-state index in [4.69, 9.17) is 0 Å². The summed E-state index contributed by atoms with van der Waals surface area (Å²) in [7, 11) is 0. The van der Waals surface area contributed by atoms with Gasteiger partial charge in [0.2, 0.25) is 0 Å². The third-order valence-corrected chi connectivity index (χ3v) is 2.73. The first-order valence-electron chi connectivity index (χ1n) is 5.57. The Kier molecular flexibility index (Phi) is 2.75. The van der Waals surface area contributed by atoms with Crippen LogP contribution in [0.1, 0.15) is 44.9 Å². The minimum Gasteiger partial charge on any atom is -0.367 e. The molecule has 2 rings (SSSR count). The summed E-state index contributed by atoms with van der Waals surface area (Å²) in [5.74, 6) is 2.03. The number of rotatable bonds is 4. The first-order chi connectivity index (χ1) is 7.19. The lowest BCUT2D eigenvalue weighted by molar-refractivity contribution is 0.754. The largest absolute Gasteiger partial charge is 0.367 e. The van der Waals surface area contributed by atoms with Crippen LogP contribution in [0.5, 0.6) is 0 Å².